The van der Waals surface area contributed by atoms with Crippen LogP contribution in [0.2, 0.25) is 0 Å². The van der Waals surface area contributed by atoms with Crippen molar-refractivity contribution >= 4 is 11.8 Å². The second-order valence-electron chi connectivity index (χ2n) is 4.03. The van der Waals surface area contributed by atoms with Gasteiger partial charge in [-0.15, -0.1) is 5.10 Å². The van der Waals surface area contributed by atoms with Gasteiger partial charge in [-0.25, -0.2) is 9.97 Å². The first-order valence-electron chi connectivity index (χ1n) is 5.99. The lowest BCUT2D eigenvalue weighted by molar-refractivity contribution is 0.0678. The van der Waals surface area contributed by atoms with Crippen LogP contribution in [-0.4, -0.2) is 29.7 Å². The topological polar surface area (TPSA) is 72.3 Å². The molecule has 0 bridgehead atoms. The Morgan fingerprint density at radius 2 is 2.24 bits per heavy atom. The van der Waals surface area contributed by atoms with E-state index in [0.717, 1.165) is 10.1 Å². The zero-order chi connectivity index (χ0) is 14.7. The van der Waals surface area contributed by atoms with Crippen molar-refractivity contribution in [3.8, 4) is 11.4 Å². The van der Waals surface area contributed by atoms with Crippen molar-refractivity contribution in [1.82, 2.24) is 29.7 Å². The molecule has 0 radical (unpaired) electrons. The van der Waals surface area contributed by atoms with Crippen LogP contribution in [0.5, 0.6) is 0 Å². The maximum absolute atomic E-state index is 12.7. The van der Waals surface area contributed by atoms with Crippen LogP contribution in [0.15, 0.2) is 42.1 Å². The zero-order valence-corrected chi connectivity index (χ0v) is 11.5. The molecular weight excluding hydrogens is 298 g/mol. The Hall–Kier alpha value is -2.29. The van der Waals surface area contributed by atoms with E-state index in [0.29, 0.717) is 11.0 Å². The number of halogens is 2. The van der Waals surface area contributed by atoms with Gasteiger partial charge in [-0.2, -0.15) is 8.78 Å². The van der Waals surface area contributed by atoms with Crippen LogP contribution in [-0.2, 0) is 5.75 Å². The van der Waals surface area contributed by atoms with Crippen molar-refractivity contribution in [2.45, 2.75) is 17.5 Å². The summed E-state index contributed by atoms with van der Waals surface area (Å²) < 4.78 is 26.2. The summed E-state index contributed by atoms with van der Waals surface area (Å²) in [6, 6.07) is 3.65. The van der Waals surface area contributed by atoms with E-state index in [1.54, 1.807) is 18.5 Å². The van der Waals surface area contributed by atoms with E-state index >= 15 is 0 Å². The van der Waals surface area contributed by atoms with Crippen LogP contribution in [0.4, 0.5) is 8.78 Å². The number of nitrogens with one attached hydrogen (secondary N) is 1. The van der Waals surface area contributed by atoms with Crippen molar-refractivity contribution in [3.63, 3.8) is 0 Å². The van der Waals surface area contributed by atoms with Crippen molar-refractivity contribution in [2.75, 3.05) is 0 Å². The van der Waals surface area contributed by atoms with E-state index in [2.05, 4.69) is 25.1 Å². The summed E-state index contributed by atoms with van der Waals surface area (Å²) in [5.74, 6) is 1.13. The van der Waals surface area contributed by atoms with E-state index in [1.165, 1.54) is 24.2 Å². The molecule has 21 heavy (non-hydrogen) atoms. The first-order chi connectivity index (χ1) is 10.2. The molecule has 6 nitrogen and oxygen atoms in total. The number of nitrogens with zero attached hydrogens (tertiary/aromatic N) is 5. The molecule has 0 amide bonds. The predicted octanol–water partition coefficient (Wildman–Crippen LogP) is 2.75. The number of aromatic nitrogens is 6. The van der Waals surface area contributed by atoms with E-state index in [4.69, 9.17) is 0 Å². The highest BCUT2D eigenvalue weighted by atomic mass is 32.2. The zero-order valence-electron chi connectivity index (χ0n) is 10.6. The molecule has 0 spiro atoms. The minimum atomic E-state index is -2.60. The number of rotatable bonds is 5. The van der Waals surface area contributed by atoms with E-state index in [-0.39, 0.29) is 11.6 Å². The molecule has 3 aromatic rings. The van der Waals surface area contributed by atoms with Gasteiger partial charge >= 0.3 is 6.55 Å². The maximum Gasteiger partial charge on any atom is 0.319 e. The molecule has 0 saturated carbocycles. The highest BCUT2D eigenvalue weighted by Gasteiger charge is 2.13. The lowest BCUT2D eigenvalue weighted by Gasteiger charge is -2.04. The van der Waals surface area contributed by atoms with Gasteiger partial charge < -0.3 is 0 Å². The molecule has 0 aliphatic rings. The second kappa shape index (κ2) is 6.00. The molecule has 0 aliphatic heterocycles. The fraction of sp³-hybridized carbons (Fsp3) is 0.167. The third-order valence-corrected chi connectivity index (χ3v) is 3.53. The molecular formula is C12H10F2N6S. The Morgan fingerprint density at radius 1 is 1.33 bits per heavy atom. The molecule has 0 atom stereocenters. The Balaban J connectivity index is 1.69. The van der Waals surface area contributed by atoms with Gasteiger partial charge in [0, 0.05) is 30.4 Å². The number of aromatic amines is 1. The highest BCUT2D eigenvalue weighted by molar-refractivity contribution is 7.98. The van der Waals surface area contributed by atoms with Crippen LogP contribution in [0, 0.1) is 0 Å². The minimum Gasteiger partial charge on any atom is -0.277 e. The Labute approximate surface area is 122 Å². The highest BCUT2D eigenvalue weighted by Crippen LogP contribution is 2.23. The van der Waals surface area contributed by atoms with Crippen LogP contribution < -0.4 is 0 Å². The van der Waals surface area contributed by atoms with Gasteiger partial charge in [-0.1, -0.05) is 11.8 Å². The summed E-state index contributed by atoms with van der Waals surface area (Å²) in [4.78, 5) is 12.2. The summed E-state index contributed by atoms with van der Waals surface area (Å²) in [7, 11) is 0. The number of thioether (sulfide) groups is 1. The van der Waals surface area contributed by atoms with Crippen LogP contribution in [0.3, 0.4) is 0 Å². The lowest BCUT2D eigenvalue weighted by Crippen LogP contribution is -2.02. The Kier molecular flexibility index (Phi) is 3.91. The van der Waals surface area contributed by atoms with E-state index in [9.17, 15) is 8.78 Å². The first-order valence-corrected chi connectivity index (χ1v) is 6.98. The summed E-state index contributed by atoms with van der Waals surface area (Å²) in [5.41, 5.74) is 0.811. The molecule has 3 heterocycles. The molecule has 0 aliphatic carbocycles. The Morgan fingerprint density at radius 3 is 3.00 bits per heavy atom. The summed E-state index contributed by atoms with van der Waals surface area (Å²) >= 11 is 1.23. The minimum absolute atomic E-state index is 0.266. The smallest absolute Gasteiger partial charge is 0.277 e. The van der Waals surface area contributed by atoms with Gasteiger partial charge in [0.05, 0.1) is 5.75 Å². The maximum atomic E-state index is 12.7. The molecule has 9 heteroatoms. The van der Waals surface area contributed by atoms with E-state index in [1.807, 2.05) is 6.07 Å². The van der Waals surface area contributed by atoms with Crippen LogP contribution in [0.25, 0.3) is 11.4 Å². The van der Waals surface area contributed by atoms with Crippen LogP contribution >= 0.6 is 11.8 Å². The van der Waals surface area contributed by atoms with Gasteiger partial charge in [-0.05, 0) is 12.1 Å². The quantitative estimate of drug-likeness (QED) is 0.734. The normalized spacial score (nSPS) is 11.2. The standard InChI is InChI=1S/C12H10F2N6S/c13-11(14)20-5-4-16-9(20)7-21-12-17-10(18-19-12)8-2-1-3-15-6-8/h1-6,11H,7H2,(H,17,18,19). The van der Waals surface area contributed by atoms with Gasteiger partial charge in [0.15, 0.2) is 5.82 Å². The molecule has 0 fully saturated rings. The lowest BCUT2D eigenvalue weighted by atomic mass is 10.3. The number of pyridine rings is 1. The number of hydrogen-bond acceptors (Lipinski definition) is 5. The summed E-state index contributed by atoms with van der Waals surface area (Å²) in [6.07, 6.45) is 5.93. The van der Waals surface area contributed by atoms with Crippen molar-refractivity contribution < 1.29 is 8.78 Å². The molecule has 108 valence electrons. The number of H-pyrrole nitrogens is 1. The number of imidazole rings is 1. The molecule has 1 N–H and O–H groups in total. The average Bonchev–Trinajstić information content (AvgIpc) is 3.15. The largest absolute Gasteiger partial charge is 0.319 e. The molecule has 0 unspecified atom stereocenters. The van der Waals surface area contributed by atoms with Gasteiger partial charge in [-0.3, -0.25) is 14.6 Å². The molecule has 3 aromatic heterocycles. The molecule has 3 rings (SSSR count). The third-order valence-electron chi connectivity index (χ3n) is 2.69. The first kappa shape index (κ1) is 13.7. The van der Waals surface area contributed by atoms with Crippen molar-refractivity contribution in [1.29, 1.82) is 0 Å². The average molecular weight is 308 g/mol. The molecule has 0 aromatic carbocycles. The van der Waals surface area contributed by atoms with E-state index < -0.39 is 6.55 Å². The Bertz CT molecular complexity index is 711. The summed E-state index contributed by atoms with van der Waals surface area (Å²) in [5, 5.41) is 7.30. The summed E-state index contributed by atoms with van der Waals surface area (Å²) in [6.45, 7) is -2.60. The molecule has 0 saturated heterocycles. The van der Waals surface area contributed by atoms with Gasteiger partial charge in [0.25, 0.3) is 0 Å². The fourth-order valence-electron chi connectivity index (χ4n) is 1.71. The monoisotopic (exact) mass is 308 g/mol. The number of alkyl halides is 2. The predicted molar refractivity (Wildman–Crippen MR) is 72.7 cm³/mol. The van der Waals surface area contributed by atoms with Crippen LogP contribution in [0.1, 0.15) is 12.4 Å². The van der Waals surface area contributed by atoms with Gasteiger partial charge in [0.2, 0.25) is 5.16 Å². The van der Waals surface area contributed by atoms with Crippen molar-refractivity contribution in [2.24, 2.45) is 0 Å². The second-order valence-corrected chi connectivity index (χ2v) is 4.97. The van der Waals surface area contributed by atoms with Gasteiger partial charge in [0.1, 0.15) is 5.82 Å². The SMILES string of the molecule is FC(F)n1ccnc1CSc1n[nH]c(-c2cccnc2)n1. The fourth-order valence-corrected chi connectivity index (χ4v) is 2.45. The van der Waals surface area contributed by atoms with Crippen molar-refractivity contribution in [3.05, 3.63) is 42.7 Å². The third kappa shape index (κ3) is 3.07. The number of hydrogen-bond donors (Lipinski definition) is 1.